The summed E-state index contributed by atoms with van der Waals surface area (Å²) in [6.45, 7) is 4.16. The lowest BCUT2D eigenvalue weighted by Crippen LogP contribution is -2.48. The Bertz CT molecular complexity index is 353. The number of rotatable bonds is 6. The van der Waals surface area contributed by atoms with Crippen LogP contribution in [0.3, 0.4) is 0 Å². The predicted molar refractivity (Wildman–Crippen MR) is 67.0 cm³/mol. The van der Waals surface area contributed by atoms with Crippen LogP contribution >= 0.6 is 0 Å². The van der Waals surface area contributed by atoms with Gasteiger partial charge >= 0.3 is 5.97 Å². The predicted octanol–water partition coefficient (Wildman–Crippen LogP) is 2.07. The number of hydrogen-bond donors (Lipinski definition) is 1. The van der Waals surface area contributed by atoms with E-state index in [0.29, 0.717) is 6.61 Å². The van der Waals surface area contributed by atoms with E-state index in [2.05, 4.69) is 5.32 Å². The summed E-state index contributed by atoms with van der Waals surface area (Å²) in [4.78, 5) is 11.9. The summed E-state index contributed by atoms with van der Waals surface area (Å²) >= 11 is 0. The number of hydrogen-bond acceptors (Lipinski definition) is 4. The first-order valence-electron chi connectivity index (χ1n) is 5.62. The van der Waals surface area contributed by atoms with Crippen molar-refractivity contribution in [2.45, 2.75) is 19.4 Å². The van der Waals surface area contributed by atoms with Gasteiger partial charge in [-0.05, 0) is 26.0 Å². The monoisotopic (exact) mass is 237 g/mol. The summed E-state index contributed by atoms with van der Waals surface area (Å²) in [6, 6.07) is 9.52. The number of methoxy groups -OCH3 is 1. The summed E-state index contributed by atoms with van der Waals surface area (Å²) in [5, 5.41) is 3.14. The molecule has 0 amide bonds. The molecule has 4 nitrogen and oxygen atoms in total. The van der Waals surface area contributed by atoms with E-state index < -0.39 is 5.54 Å². The Morgan fingerprint density at radius 3 is 2.53 bits per heavy atom. The zero-order valence-electron chi connectivity index (χ0n) is 10.5. The van der Waals surface area contributed by atoms with Gasteiger partial charge in [0.1, 0.15) is 0 Å². The minimum absolute atomic E-state index is 0.251. The van der Waals surface area contributed by atoms with Crippen molar-refractivity contribution in [1.82, 2.24) is 0 Å². The van der Waals surface area contributed by atoms with Gasteiger partial charge in [0.15, 0.2) is 5.54 Å². The van der Waals surface area contributed by atoms with Crippen molar-refractivity contribution in [3.63, 3.8) is 0 Å². The molecule has 0 saturated heterocycles. The van der Waals surface area contributed by atoms with Crippen LogP contribution in [-0.4, -0.2) is 31.8 Å². The molecule has 0 aliphatic carbocycles. The number of anilines is 1. The Hall–Kier alpha value is -1.55. The Morgan fingerprint density at radius 1 is 1.35 bits per heavy atom. The van der Waals surface area contributed by atoms with Gasteiger partial charge in [0.05, 0.1) is 13.2 Å². The topological polar surface area (TPSA) is 47.6 Å². The highest BCUT2D eigenvalue weighted by Gasteiger charge is 2.34. The maximum absolute atomic E-state index is 11.9. The Balaban J connectivity index is 2.81. The molecular weight excluding hydrogens is 218 g/mol. The first-order chi connectivity index (χ1) is 8.12. The van der Waals surface area contributed by atoms with Gasteiger partial charge in [-0.2, -0.15) is 0 Å². The summed E-state index contributed by atoms with van der Waals surface area (Å²) in [6.07, 6.45) is 0. The van der Waals surface area contributed by atoms with E-state index in [1.165, 1.54) is 0 Å². The molecule has 0 radical (unpaired) electrons. The van der Waals surface area contributed by atoms with Crippen molar-refractivity contribution in [3.8, 4) is 0 Å². The minimum Gasteiger partial charge on any atom is -0.464 e. The minimum atomic E-state index is -0.869. The SMILES string of the molecule is CCOC(=O)C(C)(COC)Nc1ccccc1. The zero-order valence-corrected chi connectivity index (χ0v) is 10.5. The Morgan fingerprint density at radius 2 is 2.00 bits per heavy atom. The molecular formula is C13H19NO3. The van der Waals surface area contributed by atoms with Gasteiger partial charge < -0.3 is 14.8 Å². The van der Waals surface area contributed by atoms with E-state index >= 15 is 0 Å². The average Bonchev–Trinajstić information content (AvgIpc) is 2.31. The number of carbonyl (C=O) groups excluding carboxylic acids is 1. The smallest absolute Gasteiger partial charge is 0.333 e. The van der Waals surface area contributed by atoms with Crippen LogP contribution in [-0.2, 0) is 14.3 Å². The largest absolute Gasteiger partial charge is 0.464 e. The molecule has 1 N–H and O–H groups in total. The van der Waals surface area contributed by atoms with Gasteiger partial charge in [-0.3, -0.25) is 0 Å². The molecule has 1 atom stereocenters. The molecule has 4 heteroatoms. The van der Waals surface area contributed by atoms with Crippen molar-refractivity contribution < 1.29 is 14.3 Å². The van der Waals surface area contributed by atoms with Gasteiger partial charge in [-0.1, -0.05) is 18.2 Å². The number of para-hydroxylation sites is 1. The molecule has 17 heavy (non-hydrogen) atoms. The number of ether oxygens (including phenoxy) is 2. The maximum atomic E-state index is 11.9. The molecule has 1 unspecified atom stereocenters. The average molecular weight is 237 g/mol. The number of carbonyl (C=O) groups is 1. The van der Waals surface area contributed by atoms with Gasteiger partial charge in [0, 0.05) is 12.8 Å². The van der Waals surface area contributed by atoms with E-state index in [-0.39, 0.29) is 12.6 Å². The molecule has 1 aromatic carbocycles. The van der Waals surface area contributed by atoms with Gasteiger partial charge in [-0.15, -0.1) is 0 Å². The van der Waals surface area contributed by atoms with E-state index in [4.69, 9.17) is 9.47 Å². The summed E-state index contributed by atoms with van der Waals surface area (Å²) in [7, 11) is 1.56. The lowest BCUT2D eigenvalue weighted by atomic mass is 10.0. The summed E-state index contributed by atoms with van der Waals surface area (Å²) in [5.41, 5.74) is -0.00773. The third kappa shape index (κ3) is 3.75. The molecule has 0 aliphatic rings. The normalized spacial score (nSPS) is 13.8. The van der Waals surface area contributed by atoms with Crippen LogP contribution < -0.4 is 5.32 Å². The molecule has 0 bridgehead atoms. The van der Waals surface area contributed by atoms with Gasteiger partial charge in [0.2, 0.25) is 0 Å². The summed E-state index contributed by atoms with van der Waals surface area (Å²) < 4.78 is 10.1. The van der Waals surface area contributed by atoms with Crippen LogP contribution in [0.15, 0.2) is 30.3 Å². The zero-order chi connectivity index (χ0) is 12.7. The third-order valence-corrected chi connectivity index (χ3v) is 2.35. The van der Waals surface area contributed by atoms with Crippen LogP contribution in [0, 0.1) is 0 Å². The quantitative estimate of drug-likeness (QED) is 0.769. The summed E-state index contributed by atoms with van der Waals surface area (Å²) in [5.74, 6) is -0.314. The van der Waals surface area contributed by atoms with Crippen molar-refractivity contribution in [3.05, 3.63) is 30.3 Å². The van der Waals surface area contributed by atoms with E-state index in [0.717, 1.165) is 5.69 Å². The second-order valence-corrected chi connectivity index (χ2v) is 3.98. The molecule has 0 heterocycles. The van der Waals surface area contributed by atoms with Crippen LogP contribution in [0.1, 0.15) is 13.8 Å². The van der Waals surface area contributed by atoms with E-state index in [9.17, 15) is 4.79 Å². The van der Waals surface area contributed by atoms with Crippen molar-refractivity contribution >= 4 is 11.7 Å². The molecule has 0 spiro atoms. The fraction of sp³-hybridized carbons (Fsp3) is 0.462. The van der Waals surface area contributed by atoms with Crippen molar-refractivity contribution in [2.24, 2.45) is 0 Å². The first kappa shape index (κ1) is 13.5. The Labute approximate surface area is 102 Å². The number of esters is 1. The highest BCUT2D eigenvalue weighted by atomic mass is 16.5. The molecule has 0 fully saturated rings. The van der Waals surface area contributed by atoms with Crippen molar-refractivity contribution in [2.75, 3.05) is 25.6 Å². The number of nitrogens with one attached hydrogen (secondary N) is 1. The molecule has 0 saturated carbocycles. The van der Waals surface area contributed by atoms with Crippen molar-refractivity contribution in [1.29, 1.82) is 0 Å². The van der Waals surface area contributed by atoms with Crippen LogP contribution in [0.2, 0.25) is 0 Å². The lowest BCUT2D eigenvalue weighted by Gasteiger charge is -2.28. The van der Waals surface area contributed by atoms with E-state index in [1.54, 1.807) is 21.0 Å². The third-order valence-electron chi connectivity index (χ3n) is 2.35. The molecule has 1 rings (SSSR count). The lowest BCUT2D eigenvalue weighted by molar-refractivity contribution is -0.149. The second kappa shape index (κ2) is 6.25. The fourth-order valence-electron chi connectivity index (χ4n) is 1.57. The highest BCUT2D eigenvalue weighted by Crippen LogP contribution is 2.17. The van der Waals surface area contributed by atoms with Crippen LogP contribution in [0.5, 0.6) is 0 Å². The molecule has 0 aromatic heterocycles. The fourth-order valence-corrected chi connectivity index (χ4v) is 1.57. The maximum Gasteiger partial charge on any atom is 0.333 e. The first-order valence-corrected chi connectivity index (χ1v) is 5.62. The highest BCUT2D eigenvalue weighted by molar-refractivity contribution is 5.84. The Kier molecular flexibility index (Phi) is 4.97. The van der Waals surface area contributed by atoms with Crippen LogP contribution in [0.25, 0.3) is 0 Å². The molecule has 1 aromatic rings. The molecule has 94 valence electrons. The molecule has 0 aliphatic heterocycles. The second-order valence-electron chi connectivity index (χ2n) is 3.98. The van der Waals surface area contributed by atoms with E-state index in [1.807, 2.05) is 30.3 Å². The van der Waals surface area contributed by atoms with Gasteiger partial charge in [-0.25, -0.2) is 4.79 Å². The van der Waals surface area contributed by atoms with Gasteiger partial charge in [0.25, 0.3) is 0 Å². The standard InChI is InChI=1S/C13H19NO3/c1-4-17-12(15)13(2,10-16-3)14-11-8-6-5-7-9-11/h5-9,14H,4,10H2,1-3H3. The number of benzene rings is 1. The van der Waals surface area contributed by atoms with Crippen LogP contribution in [0.4, 0.5) is 5.69 Å².